The van der Waals surface area contributed by atoms with Gasteiger partial charge in [-0.2, -0.15) is 0 Å². The van der Waals surface area contributed by atoms with Crippen molar-refractivity contribution in [3.8, 4) is 11.8 Å². The minimum Gasteiger partial charge on any atom is -0.384 e. The van der Waals surface area contributed by atoms with Crippen LogP contribution in [0.25, 0.3) is 0 Å². The van der Waals surface area contributed by atoms with E-state index in [9.17, 15) is 4.79 Å². The fourth-order valence-electron chi connectivity index (χ4n) is 2.40. The number of hydrogen-bond donors (Lipinski definition) is 2. The van der Waals surface area contributed by atoms with Crippen molar-refractivity contribution in [3.05, 3.63) is 35.4 Å². The molecule has 1 aromatic carbocycles. The second-order valence-corrected chi connectivity index (χ2v) is 4.95. The van der Waals surface area contributed by atoms with Gasteiger partial charge in [-0.1, -0.05) is 30.9 Å². The highest BCUT2D eigenvalue weighted by atomic mass is 16.2. The predicted molar refractivity (Wildman–Crippen MR) is 74.7 cm³/mol. The molecule has 1 saturated carbocycles. The van der Waals surface area contributed by atoms with Crippen molar-refractivity contribution in [2.75, 3.05) is 6.61 Å². The highest BCUT2D eigenvalue weighted by Crippen LogP contribution is 2.34. The largest absolute Gasteiger partial charge is 0.384 e. The van der Waals surface area contributed by atoms with Crippen molar-refractivity contribution in [2.45, 2.75) is 38.1 Å². The van der Waals surface area contributed by atoms with Crippen LogP contribution in [0.4, 0.5) is 0 Å². The van der Waals surface area contributed by atoms with E-state index in [1.807, 2.05) is 12.1 Å². The van der Waals surface area contributed by atoms with Gasteiger partial charge in [-0.05, 0) is 37.8 Å². The molecule has 1 aromatic rings. The van der Waals surface area contributed by atoms with Crippen molar-refractivity contribution in [2.24, 2.45) is 0 Å². The molecule has 1 aliphatic rings. The van der Waals surface area contributed by atoms with E-state index < -0.39 is 0 Å². The maximum atomic E-state index is 12.4. The molecule has 0 spiro atoms. The van der Waals surface area contributed by atoms with E-state index in [-0.39, 0.29) is 18.1 Å². The van der Waals surface area contributed by atoms with Gasteiger partial charge in [-0.25, -0.2) is 0 Å². The summed E-state index contributed by atoms with van der Waals surface area (Å²) >= 11 is 0. The van der Waals surface area contributed by atoms with Crippen LogP contribution >= 0.6 is 0 Å². The third-order valence-corrected chi connectivity index (χ3v) is 3.84. The fraction of sp³-hybridized carbons (Fsp3) is 0.438. The van der Waals surface area contributed by atoms with Crippen LogP contribution in [0.3, 0.4) is 0 Å². The first-order valence-electron chi connectivity index (χ1n) is 6.72. The lowest BCUT2D eigenvalue weighted by Gasteiger charge is -2.42. The molecular formula is C16H19NO2. The average molecular weight is 257 g/mol. The highest BCUT2D eigenvalue weighted by molar-refractivity contribution is 5.97. The lowest BCUT2D eigenvalue weighted by Crippen LogP contribution is -2.53. The van der Waals surface area contributed by atoms with E-state index in [0.29, 0.717) is 11.1 Å². The zero-order valence-corrected chi connectivity index (χ0v) is 11.2. The Morgan fingerprint density at radius 1 is 1.42 bits per heavy atom. The van der Waals surface area contributed by atoms with Crippen LogP contribution in [0, 0.1) is 11.8 Å². The Morgan fingerprint density at radius 2 is 2.16 bits per heavy atom. The lowest BCUT2D eigenvalue weighted by atomic mass is 9.74. The molecule has 1 amide bonds. The summed E-state index contributed by atoms with van der Waals surface area (Å²) in [5.74, 6) is 5.35. The van der Waals surface area contributed by atoms with E-state index in [1.54, 1.807) is 12.1 Å². The first-order valence-corrected chi connectivity index (χ1v) is 6.72. The number of aliphatic hydroxyl groups is 1. The first kappa shape index (κ1) is 13.6. The Labute approximate surface area is 114 Å². The molecule has 0 aromatic heterocycles. The van der Waals surface area contributed by atoms with Crippen LogP contribution in [-0.4, -0.2) is 23.2 Å². The van der Waals surface area contributed by atoms with E-state index in [2.05, 4.69) is 24.1 Å². The summed E-state index contributed by atoms with van der Waals surface area (Å²) in [6.07, 6.45) is 4.25. The molecule has 2 rings (SSSR count). The van der Waals surface area contributed by atoms with Gasteiger partial charge in [0.15, 0.2) is 0 Å². The normalized spacial score (nSPS) is 15.9. The van der Waals surface area contributed by atoms with Crippen LogP contribution in [0.15, 0.2) is 24.3 Å². The number of hydrogen-bond acceptors (Lipinski definition) is 2. The summed E-state index contributed by atoms with van der Waals surface area (Å²) in [7, 11) is 0. The quantitative estimate of drug-likeness (QED) is 0.815. The molecule has 2 N–H and O–H groups in total. The summed E-state index contributed by atoms with van der Waals surface area (Å²) < 4.78 is 0. The number of benzene rings is 1. The molecule has 0 radical (unpaired) electrons. The van der Waals surface area contributed by atoms with Crippen molar-refractivity contribution < 1.29 is 9.90 Å². The summed E-state index contributed by atoms with van der Waals surface area (Å²) in [5.41, 5.74) is 1.23. The van der Waals surface area contributed by atoms with Gasteiger partial charge in [-0.3, -0.25) is 4.79 Å². The summed E-state index contributed by atoms with van der Waals surface area (Å²) in [4.78, 5) is 12.4. The maximum Gasteiger partial charge on any atom is 0.252 e. The molecule has 3 heteroatoms. The Bertz CT molecular complexity index is 516. The maximum absolute atomic E-state index is 12.4. The number of rotatable bonds is 3. The fourth-order valence-corrected chi connectivity index (χ4v) is 2.40. The average Bonchev–Trinajstić information content (AvgIpc) is 2.40. The van der Waals surface area contributed by atoms with E-state index in [0.717, 1.165) is 19.3 Å². The molecule has 1 aliphatic carbocycles. The topological polar surface area (TPSA) is 49.3 Å². The number of nitrogens with one attached hydrogen (secondary N) is 1. The first-order chi connectivity index (χ1) is 9.21. The molecule has 0 unspecified atom stereocenters. The summed E-state index contributed by atoms with van der Waals surface area (Å²) in [6.45, 7) is 1.91. The molecule has 0 saturated heterocycles. The number of aliphatic hydroxyl groups excluding tert-OH is 1. The minimum absolute atomic E-state index is 0.0192. The SMILES string of the molecule is CCC1(NC(=O)c2ccccc2C#CCO)CCC1. The van der Waals surface area contributed by atoms with Crippen molar-refractivity contribution >= 4 is 5.91 Å². The lowest BCUT2D eigenvalue weighted by molar-refractivity contribution is 0.0820. The van der Waals surface area contributed by atoms with E-state index in [4.69, 9.17) is 5.11 Å². The number of amides is 1. The monoisotopic (exact) mass is 257 g/mol. The van der Waals surface area contributed by atoms with Crippen molar-refractivity contribution in [1.82, 2.24) is 5.32 Å². The van der Waals surface area contributed by atoms with Gasteiger partial charge in [0, 0.05) is 11.1 Å². The van der Waals surface area contributed by atoms with Gasteiger partial charge in [0.1, 0.15) is 6.61 Å². The molecule has 3 nitrogen and oxygen atoms in total. The molecule has 0 aliphatic heterocycles. The van der Waals surface area contributed by atoms with E-state index >= 15 is 0 Å². The minimum atomic E-state index is -0.200. The van der Waals surface area contributed by atoms with Crippen molar-refractivity contribution in [1.29, 1.82) is 0 Å². The zero-order chi connectivity index (χ0) is 13.7. The van der Waals surface area contributed by atoms with Gasteiger partial charge in [0.25, 0.3) is 5.91 Å². The summed E-state index contributed by atoms with van der Waals surface area (Å²) in [6, 6.07) is 7.26. The molecular weight excluding hydrogens is 238 g/mol. The molecule has 1 fully saturated rings. The van der Waals surface area contributed by atoms with Crippen LogP contribution in [0.2, 0.25) is 0 Å². The molecule has 0 heterocycles. The molecule has 19 heavy (non-hydrogen) atoms. The smallest absolute Gasteiger partial charge is 0.252 e. The van der Waals surface area contributed by atoms with Gasteiger partial charge < -0.3 is 10.4 Å². The van der Waals surface area contributed by atoms with Gasteiger partial charge in [0.05, 0.1) is 5.56 Å². The van der Waals surface area contributed by atoms with Gasteiger partial charge >= 0.3 is 0 Å². The number of carbonyl (C=O) groups excluding carboxylic acids is 1. The van der Waals surface area contributed by atoms with Gasteiger partial charge in [-0.15, -0.1) is 0 Å². The van der Waals surface area contributed by atoms with Crippen LogP contribution in [-0.2, 0) is 0 Å². The molecule has 0 atom stereocenters. The Morgan fingerprint density at radius 3 is 2.74 bits per heavy atom. The third kappa shape index (κ3) is 2.97. The summed E-state index contributed by atoms with van der Waals surface area (Å²) in [5, 5.41) is 11.9. The molecule has 100 valence electrons. The third-order valence-electron chi connectivity index (χ3n) is 3.84. The van der Waals surface area contributed by atoms with Crippen molar-refractivity contribution in [3.63, 3.8) is 0 Å². The number of carbonyl (C=O) groups is 1. The van der Waals surface area contributed by atoms with Gasteiger partial charge in [0.2, 0.25) is 0 Å². The van der Waals surface area contributed by atoms with Crippen LogP contribution in [0.1, 0.15) is 48.5 Å². The van der Waals surface area contributed by atoms with E-state index in [1.165, 1.54) is 6.42 Å². The Hall–Kier alpha value is -1.79. The second-order valence-electron chi connectivity index (χ2n) is 4.95. The molecule has 0 bridgehead atoms. The highest BCUT2D eigenvalue weighted by Gasteiger charge is 2.36. The Kier molecular flexibility index (Phi) is 4.24. The standard InChI is InChI=1S/C16H19NO2/c1-2-16(10-6-11-16)17-15(19)14-9-4-3-7-13(14)8-5-12-18/h3-4,7,9,18H,2,6,10-12H2,1H3,(H,17,19). The van der Waals surface area contributed by atoms with Crippen LogP contribution in [0.5, 0.6) is 0 Å². The van der Waals surface area contributed by atoms with Crippen LogP contribution < -0.4 is 5.32 Å². The second kappa shape index (κ2) is 5.90. The predicted octanol–water partition coefficient (Wildman–Crippen LogP) is 2.09. The Balaban J connectivity index is 2.19. The zero-order valence-electron chi connectivity index (χ0n) is 11.2.